The highest BCUT2D eigenvalue weighted by atomic mass is 35.5. The van der Waals surface area contributed by atoms with Crippen LogP contribution < -0.4 is 4.90 Å². The van der Waals surface area contributed by atoms with Gasteiger partial charge in [0, 0.05) is 40.0 Å². The van der Waals surface area contributed by atoms with Gasteiger partial charge in [-0.2, -0.15) is 0 Å². The highest BCUT2D eigenvalue weighted by Gasteiger charge is 2.64. The van der Waals surface area contributed by atoms with Gasteiger partial charge in [-0.05, 0) is 57.7 Å². The van der Waals surface area contributed by atoms with Crippen LogP contribution >= 0.6 is 11.6 Å². The summed E-state index contributed by atoms with van der Waals surface area (Å²) in [5, 5.41) is 12.2. The van der Waals surface area contributed by atoms with E-state index in [4.69, 9.17) is 30.5 Å². The number of aryl methyl sites for hydroxylation is 1. The van der Waals surface area contributed by atoms with Crippen LogP contribution in [0.5, 0.6) is 0 Å². The summed E-state index contributed by atoms with van der Waals surface area (Å²) in [6.45, 7) is 11.0. The Bertz CT molecular complexity index is 1530. The highest BCUT2D eigenvalue weighted by Crippen LogP contribution is 2.49. The molecule has 50 heavy (non-hydrogen) atoms. The van der Waals surface area contributed by atoms with E-state index >= 15 is 0 Å². The zero-order chi connectivity index (χ0) is 37.1. The number of ether oxygens (including phenoxy) is 4. The first kappa shape index (κ1) is 39.5. The molecule has 1 N–H and O–H groups in total. The van der Waals surface area contributed by atoms with Crippen LogP contribution in [0.3, 0.4) is 0 Å². The molecule has 4 bridgehead atoms. The van der Waals surface area contributed by atoms with E-state index in [2.05, 4.69) is 0 Å². The van der Waals surface area contributed by atoms with Gasteiger partial charge in [0.2, 0.25) is 11.8 Å². The number of benzene rings is 1. The van der Waals surface area contributed by atoms with Crippen molar-refractivity contribution in [3.05, 3.63) is 52.1 Å². The number of halogens is 1. The van der Waals surface area contributed by atoms with Crippen molar-refractivity contribution in [3.8, 4) is 0 Å². The van der Waals surface area contributed by atoms with Crippen molar-refractivity contribution in [2.24, 2.45) is 5.92 Å². The van der Waals surface area contributed by atoms with Gasteiger partial charge in [0.1, 0.15) is 35.6 Å². The molecule has 0 spiro atoms. The Morgan fingerprint density at radius 3 is 2.60 bits per heavy atom. The van der Waals surface area contributed by atoms with Crippen molar-refractivity contribution in [2.75, 3.05) is 26.1 Å². The molecule has 3 aliphatic heterocycles. The van der Waals surface area contributed by atoms with Crippen LogP contribution in [0.1, 0.15) is 84.3 Å². The number of unbranched alkanes of at least 4 members (excludes halogenated alkanes) is 1. The average molecular weight is 717 g/mol. The maximum absolute atomic E-state index is 14.0. The normalized spacial score (nSPS) is 32.6. The van der Waals surface area contributed by atoms with E-state index in [1.165, 1.54) is 16.9 Å². The summed E-state index contributed by atoms with van der Waals surface area (Å²) in [5.41, 5.74) is 0.547. The Morgan fingerprint density at radius 1 is 1.24 bits per heavy atom. The van der Waals surface area contributed by atoms with Gasteiger partial charge in [0.05, 0.1) is 29.7 Å². The Morgan fingerprint density at radius 2 is 1.94 bits per heavy atom. The number of nitrogens with zero attached hydrogens (tertiary/aromatic N) is 2. The number of hydrogen-bond acceptors (Lipinski definition) is 9. The lowest BCUT2D eigenvalue weighted by Gasteiger charge is -2.41. The Hall–Kier alpha value is -3.25. The lowest BCUT2D eigenvalue weighted by Crippen LogP contribution is -2.53. The molecule has 1 aromatic rings. The average Bonchev–Trinajstić information content (AvgIpc) is 3.76. The van der Waals surface area contributed by atoms with E-state index in [-0.39, 0.29) is 31.1 Å². The third-order valence-electron chi connectivity index (χ3n) is 10.5. The van der Waals surface area contributed by atoms with Crippen LogP contribution in [0.25, 0.3) is 0 Å². The molecule has 0 unspecified atom stereocenters. The summed E-state index contributed by atoms with van der Waals surface area (Å²) >= 11 is 6.76. The molecule has 0 aliphatic carbocycles. The monoisotopic (exact) mass is 716 g/mol. The van der Waals surface area contributed by atoms with Crippen LogP contribution in [0, 0.1) is 12.8 Å². The summed E-state index contributed by atoms with van der Waals surface area (Å²) < 4.78 is 23.8. The largest absolute Gasteiger partial charge is 0.462 e. The Kier molecular flexibility index (Phi) is 12.6. The number of allylic oxidation sites excluding steroid dienone is 3. The van der Waals surface area contributed by atoms with Crippen molar-refractivity contribution in [1.82, 2.24) is 4.90 Å². The van der Waals surface area contributed by atoms with Crippen molar-refractivity contribution in [1.29, 1.82) is 0 Å². The van der Waals surface area contributed by atoms with Gasteiger partial charge >= 0.3 is 11.9 Å². The number of methoxy groups -OCH3 is 1. The molecular weight excluding hydrogens is 664 g/mol. The van der Waals surface area contributed by atoms with Crippen LogP contribution in [0.2, 0.25) is 5.02 Å². The summed E-state index contributed by atoms with van der Waals surface area (Å²) in [6.07, 6.45) is 4.23. The number of hydrogen-bond donors (Lipinski definition) is 1. The second kappa shape index (κ2) is 16.0. The molecule has 1 aromatic carbocycles. The number of carbonyl (C=O) groups excluding carboxylic acids is 4. The van der Waals surface area contributed by atoms with E-state index in [1.54, 1.807) is 34.0 Å². The molecule has 3 heterocycles. The number of fused-ring (bicyclic) bond motifs is 5. The van der Waals surface area contributed by atoms with E-state index in [9.17, 15) is 24.3 Å². The van der Waals surface area contributed by atoms with Gasteiger partial charge in [-0.1, -0.05) is 61.7 Å². The maximum Gasteiger partial charge on any atom is 0.328 e. The topological polar surface area (TPSA) is 135 Å². The molecule has 2 fully saturated rings. The maximum atomic E-state index is 14.0. The van der Waals surface area contributed by atoms with E-state index in [0.717, 1.165) is 23.1 Å². The molecule has 12 heteroatoms. The molecule has 8 atom stereocenters. The number of esters is 2. The summed E-state index contributed by atoms with van der Waals surface area (Å²) in [7, 11) is 4.68. The van der Waals surface area contributed by atoms with Crippen LogP contribution in [-0.2, 0) is 44.5 Å². The molecule has 4 rings (SSSR count). The number of carbonyl (C=O) groups is 4. The number of epoxide rings is 1. The van der Waals surface area contributed by atoms with Crippen molar-refractivity contribution >= 4 is 41.0 Å². The lowest BCUT2D eigenvalue weighted by molar-refractivity contribution is -0.187. The predicted molar refractivity (Wildman–Crippen MR) is 190 cm³/mol. The number of aliphatic hydroxyl groups is 1. The van der Waals surface area contributed by atoms with E-state index in [1.807, 2.05) is 52.0 Å². The Balaban J connectivity index is 1.74. The molecule has 2 amide bonds. The van der Waals surface area contributed by atoms with Gasteiger partial charge in [0.25, 0.3) is 0 Å². The van der Waals surface area contributed by atoms with Crippen LogP contribution in [0.4, 0.5) is 5.69 Å². The smallest absolute Gasteiger partial charge is 0.328 e. The highest BCUT2D eigenvalue weighted by molar-refractivity contribution is 6.34. The first-order valence-corrected chi connectivity index (χ1v) is 17.8. The quantitative estimate of drug-likeness (QED) is 0.296. The van der Waals surface area contributed by atoms with Crippen molar-refractivity contribution < 1.29 is 43.2 Å². The fourth-order valence-corrected chi connectivity index (χ4v) is 7.25. The summed E-state index contributed by atoms with van der Waals surface area (Å²) in [6, 6.07) is 2.92. The first-order valence-electron chi connectivity index (χ1n) is 17.4. The zero-order valence-electron chi connectivity index (χ0n) is 30.8. The minimum absolute atomic E-state index is 0.0822. The number of rotatable bonds is 7. The fraction of sp³-hybridized carbons (Fsp3) is 0.632. The molecular formula is C38H53ClN2O9. The van der Waals surface area contributed by atoms with Gasteiger partial charge in [-0.3, -0.25) is 14.4 Å². The minimum Gasteiger partial charge on any atom is -0.462 e. The SMILES string of the molecule is CCCCC(=O)N(C)[C@@H](C)C(=O)O[C@H]1CC(=O)N(C)c2cc(cc(C)c2Cl)C/C(C)=C/C=C/[C@@H](OC)[C@]2(O)CC(=O)O[C@@H](C2)[C@@H](C)[C@@H]2O[C@@]12C. The molecule has 276 valence electrons. The second-order valence-electron chi connectivity index (χ2n) is 14.4. The summed E-state index contributed by atoms with van der Waals surface area (Å²) in [4.78, 5) is 56.2. The molecule has 11 nitrogen and oxygen atoms in total. The third kappa shape index (κ3) is 8.61. The van der Waals surface area contributed by atoms with Gasteiger partial charge in [-0.15, -0.1) is 0 Å². The molecule has 0 aromatic heterocycles. The molecule has 2 saturated heterocycles. The number of anilines is 1. The first-order chi connectivity index (χ1) is 23.4. The minimum atomic E-state index is -1.55. The Labute approximate surface area is 300 Å². The van der Waals surface area contributed by atoms with Gasteiger partial charge in [-0.25, -0.2) is 4.79 Å². The van der Waals surface area contributed by atoms with Crippen molar-refractivity contribution in [2.45, 2.75) is 128 Å². The molecule has 3 aliphatic rings. The number of likely N-dealkylation sites (N-methyl/N-ethyl adjacent to an activating group) is 1. The fourth-order valence-electron chi connectivity index (χ4n) is 7.01. The standard InChI is InChI=1S/C38H53ClN2O9/c1-10-11-15-31(42)40(7)25(5)36(45)49-30-19-32(43)41(8)27-18-26(17-23(3)34(27)39)16-22(2)13-12-14-29(47-9)38(46)20-28(48-33(44)21-38)24(4)35-37(30,6)50-35/h12-14,17-18,24-25,28-30,35,46H,10-11,15-16,19-21H2,1-9H3/b14-12+,22-13+/t24-,25+,28+,29-,30+,35+,37+,38-/m1/s1. The van der Waals surface area contributed by atoms with Gasteiger partial charge in [0.15, 0.2) is 0 Å². The predicted octanol–water partition coefficient (Wildman–Crippen LogP) is 5.25. The number of amides is 2. The zero-order valence-corrected chi connectivity index (χ0v) is 31.5. The lowest BCUT2D eigenvalue weighted by atomic mass is 9.78. The van der Waals surface area contributed by atoms with Crippen LogP contribution in [-0.4, -0.2) is 96.6 Å². The van der Waals surface area contributed by atoms with Crippen molar-refractivity contribution in [3.63, 3.8) is 0 Å². The second-order valence-corrected chi connectivity index (χ2v) is 14.8. The van der Waals surface area contributed by atoms with E-state index in [0.29, 0.717) is 30.0 Å². The van der Waals surface area contributed by atoms with Gasteiger partial charge < -0.3 is 33.9 Å². The molecule has 0 saturated carbocycles. The van der Waals surface area contributed by atoms with E-state index < -0.39 is 59.5 Å². The summed E-state index contributed by atoms with van der Waals surface area (Å²) in [5.74, 6) is -2.25. The van der Waals surface area contributed by atoms with Crippen LogP contribution in [0.15, 0.2) is 35.9 Å². The molecule has 0 radical (unpaired) electrons. The third-order valence-corrected chi connectivity index (χ3v) is 11.0.